The van der Waals surface area contributed by atoms with Crippen molar-refractivity contribution in [3.05, 3.63) is 65.7 Å². The Morgan fingerprint density at radius 3 is 2.32 bits per heavy atom. The Labute approximate surface area is 185 Å². The summed E-state index contributed by atoms with van der Waals surface area (Å²) in [6.45, 7) is 1.72. The van der Waals surface area contributed by atoms with Gasteiger partial charge in [0.05, 0.1) is 6.21 Å². The maximum Gasteiger partial charge on any atom is 0.250 e. The van der Waals surface area contributed by atoms with E-state index >= 15 is 0 Å². The fraction of sp³-hybridized carbons (Fsp3) is 0.238. The van der Waals surface area contributed by atoms with Crippen LogP contribution in [0.3, 0.4) is 0 Å². The molecule has 0 unspecified atom stereocenters. The fourth-order valence-corrected chi connectivity index (χ4v) is 3.11. The molecule has 0 atom stereocenters. The first-order chi connectivity index (χ1) is 14.7. The Morgan fingerprint density at radius 1 is 0.871 bits per heavy atom. The van der Waals surface area contributed by atoms with Crippen molar-refractivity contribution >= 4 is 42.2 Å². The molecule has 0 spiro atoms. The molecule has 7 nitrogen and oxygen atoms in total. The smallest absolute Gasteiger partial charge is 0.250 e. The van der Waals surface area contributed by atoms with Crippen LogP contribution < -0.4 is 15.6 Å². The molecule has 0 aliphatic carbocycles. The fourth-order valence-electron chi connectivity index (χ4n) is 3.11. The Balaban J connectivity index is 0.00000272. The maximum atomic E-state index is 13.8. The number of hydrogen-bond acceptors (Lipinski definition) is 7. The van der Waals surface area contributed by atoms with E-state index in [0.29, 0.717) is 23.1 Å². The van der Waals surface area contributed by atoms with Crippen molar-refractivity contribution in [2.24, 2.45) is 5.10 Å². The summed E-state index contributed by atoms with van der Waals surface area (Å²) >= 11 is 0. The van der Waals surface area contributed by atoms with Gasteiger partial charge in [-0.25, -0.2) is 14.2 Å². The molecule has 1 aliphatic rings. The molecule has 0 saturated carbocycles. The van der Waals surface area contributed by atoms with Gasteiger partial charge < -0.3 is 10.2 Å². The Kier molecular flexibility index (Phi) is 7.66. The van der Waals surface area contributed by atoms with Crippen LogP contribution in [0.5, 0.6) is 0 Å². The topological polar surface area (TPSA) is 78.3 Å². The van der Waals surface area contributed by atoms with Gasteiger partial charge >= 0.3 is 0 Å². The third-order valence-corrected chi connectivity index (χ3v) is 4.64. The predicted molar refractivity (Wildman–Crippen MR) is 120 cm³/mol. The third-order valence-electron chi connectivity index (χ3n) is 4.64. The van der Waals surface area contributed by atoms with Crippen LogP contribution in [0.4, 0.5) is 32.3 Å². The average Bonchev–Trinajstić information content (AvgIpc) is 2.77. The molecule has 1 aliphatic heterocycles. The lowest BCUT2D eigenvalue weighted by Gasteiger charge is -2.26. The van der Waals surface area contributed by atoms with Crippen molar-refractivity contribution in [2.75, 3.05) is 28.7 Å². The first kappa shape index (κ1) is 22.4. The number of anilines is 4. The van der Waals surface area contributed by atoms with Crippen molar-refractivity contribution in [3.63, 3.8) is 0 Å². The molecule has 3 aromatic rings. The van der Waals surface area contributed by atoms with Crippen molar-refractivity contribution < 1.29 is 8.78 Å². The van der Waals surface area contributed by atoms with E-state index in [4.69, 9.17) is 0 Å². The Hall–Kier alpha value is -3.33. The van der Waals surface area contributed by atoms with Crippen LogP contribution in [0, 0.1) is 11.6 Å². The van der Waals surface area contributed by atoms with Crippen molar-refractivity contribution in [1.29, 1.82) is 0 Å². The quantitative estimate of drug-likeness (QED) is 0.421. The third kappa shape index (κ3) is 6.08. The molecular formula is C21H22ClF2N7. The molecule has 1 aromatic heterocycles. The summed E-state index contributed by atoms with van der Waals surface area (Å²) in [6.07, 6.45) is 4.69. The second-order valence-corrected chi connectivity index (χ2v) is 6.85. The number of piperidine rings is 1. The molecule has 0 amide bonds. The van der Waals surface area contributed by atoms with Gasteiger partial charge in [-0.2, -0.15) is 20.1 Å². The summed E-state index contributed by atoms with van der Waals surface area (Å²) in [4.78, 5) is 15.4. The number of hydrogen-bond donors (Lipinski definition) is 2. The number of nitrogens with zero attached hydrogens (tertiary/aromatic N) is 5. The number of nitrogens with one attached hydrogen (secondary N) is 2. The van der Waals surface area contributed by atoms with Gasteiger partial charge in [0.1, 0.15) is 11.6 Å². The lowest BCUT2D eigenvalue weighted by atomic mass is 10.1. The van der Waals surface area contributed by atoms with Gasteiger partial charge in [0, 0.05) is 24.3 Å². The molecule has 31 heavy (non-hydrogen) atoms. The molecule has 2 N–H and O–H groups in total. The van der Waals surface area contributed by atoms with Crippen LogP contribution in [-0.2, 0) is 0 Å². The first-order valence-corrected chi connectivity index (χ1v) is 9.74. The maximum absolute atomic E-state index is 13.8. The van der Waals surface area contributed by atoms with E-state index in [-0.39, 0.29) is 30.0 Å². The van der Waals surface area contributed by atoms with Gasteiger partial charge in [-0.1, -0.05) is 18.2 Å². The van der Waals surface area contributed by atoms with E-state index in [1.807, 2.05) is 0 Å². The second kappa shape index (κ2) is 10.6. The highest BCUT2D eigenvalue weighted by molar-refractivity contribution is 5.85. The minimum atomic E-state index is -0.369. The second-order valence-electron chi connectivity index (χ2n) is 6.85. The molecule has 1 saturated heterocycles. The molecule has 2 aromatic carbocycles. The van der Waals surface area contributed by atoms with Crippen LogP contribution in [0.15, 0.2) is 53.6 Å². The number of aromatic nitrogens is 3. The number of rotatable bonds is 6. The van der Waals surface area contributed by atoms with Crippen LogP contribution in [0.1, 0.15) is 24.8 Å². The predicted octanol–water partition coefficient (Wildman–Crippen LogP) is 4.75. The van der Waals surface area contributed by atoms with Gasteiger partial charge in [-0.15, -0.1) is 12.4 Å². The van der Waals surface area contributed by atoms with Gasteiger partial charge in [-0.05, 0) is 49.6 Å². The summed E-state index contributed by atoms with van der Waals surface area (Å²) in [6, 6.07) is 12.2. The zero-order valence-electron chi connectivity index (χ0n) is 16.6. The van der Waals surface area contributed by atoms with E-state index < -0.39 is 0 Å². The molecule has 10 heteroatoms. The van der Waals surface area contributed by atoms with Crippen LogP contribution in [-0.4, -0.2) is 34.3 Å². The Bertz CT molecular complexity index is 1020. The van der Waals surface area contributed by atoms with Crippen LogP contribution >= 0.6 is 12.4 Å². The minimum Gasteiger partial charge on any atom is -0.341 e. The van der Waals surface area contributed by atoms with Crippen LogP contribution in [0.2, 0.25) is 0 Å². The van der Waals surface area contributed by atoms with E-state index in [1.54, 1.807) is 30.3 Å². The number of hydrazone groups is 1. The summed E-state index contributed by atoms with van der Waals surface area (Å²) in [5, 5.41) is 7.12. The van der Waals surface area contributed by atoms with Crippen molar-refractivity contribution in [2.45, 2.75) is 19.3 Å². The average molecular weight is 446 g/mol. The summed E-state index contributed by atoms with van der Waals surface area (Å²) < 4.78 is 26.9. The van der Waals surface area contributed by atoms with Crippen LogP contribution in [0.25, 0.3) is 0 Å². The zero-order chi connectivity index (χ0) is 20.8. The highest BCUT2D eigenvalue weighted by atomic mass is 35.5. The van der Waals surface area contributed by atoms with E-state index in [2.05, 4.69) is 35.7 Å². The monoisotopic (exact) mass is 445 g/mol. The SMILES string of the molecule is Cl.Fc1ccc(Nc2nc(NN=Cc3ccccc3F)nc(N3CCCCC3)n2)cc1. The lowest BCUT2D eigenvalue weighted by Crippen LogP contribution is -2.31. The molecule has 1 fully saturated rings. The standard InChI is InChI=1S/C21H21F2N7.ClH/c22-16-8-10-17(11-9-16)25-19-26-20(28-21(27-19)30-12-4-1-5-13-30)29-24-14-15-6-2-3-7-18(15)23;/h2-3,6-11,14H,1,4-5,12-13H2,(H2,25,26,27,28,29);1H. The summed E-state index contributed by atoms with van der Waals surface area (Å²) in [7, 11) is 0. The molecule has 162 valence electrons. The van der Waals surface area contributed by atoms with Gasteiger partial charge in [0.2, 0.25) is 17.8 Å². The first-order valence-electron chi connectivity index (χ1n) is 9.74. The van der Waals surface area contributed by atoms with Gasteiger partial charge in [0.25, 0.3) is 0 Å². The van der Waals surface area contributed by atoms with E-state index in [9.17, 15) is 8.78 Å². The summed E-state index contributed by atoms with van der Waals surface area (Å²) in [5.41, 5.74) is 3.74. The van der Waals surface area contributed by atoms with Crippen molar-refractivity contribution in [3.8, 4) is 0 Å². The zero-order valence-corrected chi connectivity index (χ0v) is 17.4. The normalized spacial score (nSPS) is 13.7. The van der Waals surface area contributed by atoms with E-state index in [0.717, 1.165) is 25.9 Å². The summed E-state index contributed by atoms with van der Waals surface area (Å²) in [5.74, 6) is 0.364. The molecule has 0 radical (unpaired) electrons. The highest BCUT2D eigenvalue weighted by Gasteiger charge is 2.16. The van der Waals surface area contributed by atoms with Gasteiger partial charge in [0.15, 0.2) is 0 Å². The Morgan fingerprint density at radius 2 is 1.58 bits per heavy atom. The minimum absolute atomic E-state index is 0. The lowest BCUT2D eigenvalue weighted by molar-refractivity contribution is 0.568. The van der Waals surface area contributed by atoms with E-state index in [1.165, 1.54) is 30.8 Å². The molecule has 4 rings (SSSR count). The molecular weight excluding hydrogens is 424 g/mol. The largest absolute Gasteiger partial charge is 0.341 e. The number of benzene rings is 2. The number of halogens is 3. The molecule has 2 heterocycles. The van der Waals surface area contributed by atoms with Gasteiger partial charge in [-0.3, -0.25) is 0 Å². The highest BCUT2D eigenvalue weighted by Crippen LogP contribution is 2.21. The molecule has 0 bridgehead atoms. The van der Waals surface area contributed by atoms with Crippen molar-refractivity contribution in [1.82, 2.24) is 15.0 Å².